The van der Waals surface area contributed by atoms with Gasteiger partial charge in [-0.05, 0) is 30.7 Å². The van der Waals surface area contributed by atoms with Crippen LogP contribution in [-0.4, -0.2) is 25.8 Å². The van der Waals surface area contributed by atoms with Crippen LogP contribution < -0.4 is 5.32 Å². The normalized spacial score (nSPS) is 10.7. The van der Waals surface area contributed by atoms with Crippen molar-refractivity contribution in [1.82, 2.24) is 0 Å². The number of sulfone groups is 1. The molecule has 0 radical (unpaired) electrons. The third kappa shape index (κ3) is 5.53. The summed E-state index contributed by atoms with van der Waals surface area (Å²) in [5.41, 5.74) is 1.06. The Labute approximate surface area is 113 Å². The molecule has 1 rings (SSSR count). The van der Waals surface area contributed by atoms with E-state index in [0.29, 0.717) is 17.7 Å². The summed E-state index contributed by atoms with van der Waals surface area (Å²) in [6, 6.07) is 8.36. The molecule has 0 aliphatic carbocycles. The molecular formula is C13H16N2O3S. The van der Waals surface area contributed by atoms with Crippen molar-refractivity contribution in [2.24, 2.45) is 0 Å². The average Bonchev–Trinajstić information content (AvgIpc) is 2.37. The van der Waals surface area contributed by atoms with E-state index in [0.717, 1.165) is 0 Å². The number of carbonyl (C=O) groups excluding carboxylic acids is 1. The highest BCUT2D eigenvalue weighted by molar-refractivity contribution is 7.91. The number of carbonyl (C=O) groups is 1. The molecule has 1 amide bonds. The molecule has 0 aromatic heterocycles. The minimum Gasteiger partial charge on any atom is -0.326 e. The van der Waals surface area contributed by atoms with Crippen LogP contribution in [0, 0.1) is 11.3 Å². The van der Waals surface area contributed by atoms with Crippen molar-refractivity contribution in [3.05, 3.63) is 29.8 Å². The van der Waals surface area contributed by atoms with Crippen molar-refractivity contribution in [1.29, 1.82) is 5.26 Å². The van der Waals surface area contributed by atoms with Crippen LogP contribution in [-0.2, 0) is 14.6 Å². The van der Waals surface area contributed by atoms with Gasteiger partial charge in [-0.15, -0.1) is 0 Å². The molecule has 1 N–H and O–H groups in total. The Morgan fingerprint density at radius 3 is 2.42 bits per heavy atom. The summed E-state index contributed by atoms with van der Waals surface area (Å²) in [5, 5.41) is 11.2. The maximum absolute atomic E-state index is 11.6. The van der Waals surface area contributed by atoms with Crippen LogP contribution in [0.4, 0.5) is 5.69 Å². The summed E-state index contributed by atoms with van der Waals surface area (Å²) in [5.74, 6) is -0.371. The van der Waals surface area contributed by atoms with E-state index in [1.165, 1.54) is 0 Å². The van der Waals surface area contributed by atoms with Gasteiger partial charge >= 0.3 is 0 Å². The molecule has 0 saturated carbocycles. The molecule has 0 heterocycles. The Morgan fingerprint density at radius 2 is 1.89 bits per heavy atom. The van der Waals surface area contributed by atoms with Crippen LogP contribution in [0.2, 0.25) is 0 Å². The highest BCUT2D eigenvalue weighted by atomic mass is 32.2. The first-order valence-corrected chi connectivity index (χ1v) is 7.79. The number of hydrogen-bond acceptors (Lipinski definition) is 4. The monoisotopic (exact) mass is 280 g/mol. The molecule has 6 heteroatoms. The first-order chi connectivity index (χ1) is 8.96. The van der Waals surface area contributed by atoms with Crippen LogP contribution >= 0.6 is 0 Å². The van der Waals surface area contributed by atoms with E-state index >= 15 is 0 Å². The predicted octanol–water partition coefficient (Wildman–Crippen LogP) is 1.71. The van der Waals surface area contributed by atoms with Crippen LogP contribution in [0.5, 0.6) is 0 Å². The number of nitriles is 1. The molecule has 0 spiro atoms. The zero-order valence-corrected chi connectivity index (χ0v) is 11.5. The van der Waals surface area contributed by atoms with E-state index in [1.807, 2.05) is 6.07 Å². The van der Waals surface area contributed by atoms with E-state index in [1.54, 1.807) is 31.2 Å². The van der Waals surface area contributed by atoms with Crippen molar-refractivity contribution < 1.29 is 13.2 Å². The molecular weight excluding hydrogens is 264 g/mol. The topological polar surface area (TPSA) is 87.0 Å². The Balaban J connectivity index is 2.49. The lowest BCUT2D eigenvalue weighted by atomic mass is 10.2. The van der Waals surface area contributed by atoms with E-state index in [4.69, 9.17) is 5.26 Å². The van der Waals surface area contributed by atoms with Gasteiger partial charge in [0, 0.05) is 17.9 Å². The Kier molecular flexibility index (Phi) is 5.52. The fourth-order valence-corrected chi connectivity index (χ4v) is 2.84. The smallest absolute Gasteiger partial charge is 0.225 e. The molecule has 102 valence electrons. The summed E-state index contributed by atoms with van der Waals surface area (Å²) in [6.07, 6.45) is 0.502. The quantitative estimate of drug-likeness (QED) is 0.859. The molecule has 0 bridgehead atoms. The minimum absolute atomic E-state index is 0.0532. The van der Waals surface area contributed by atoms with E-state index in [-0.39, 0.29) is 23.8 Å². The second-order valence-corrected chi connectivity index (χ2v) is 6.44. The number of rotatable bonds is 6. The zero-order valence-electron chi connectivity index (χ0n) is 10.7. The summed E-state index contributed by atoms with van der Waals surface area (Å²) in [7, 11) is -3.13. The molecule has 0 fully saturated rings. The van der Waals surface area contributed by atoms with Crippen LogP contribution in [0.3, 0.4) is 0 Å². The first-order valence-electron chi connectivity index (χ1n) is 5.97. The Hall–Kier alpha value is -1.87. The van der Waals surface area contributed by atoms with Gasteiger partial charge < -0.3 is 5.32 Å². The second-order valence-electron chi connectivity index (χ2n) is 4.14. The number of benzene rings is 1. The van der Waals surface area contributed by atoms with Gasteiger partial charge in [0.1, 0.15) is 0 Å². The van der Waals surface area contributed by atoms with E-state index in [9.17, 15) is 13.2 Å². The lowest BCUT2D eigenvalue weighted by Crippen LogP contribution is -2.18. The number of anilines is 1. The van der Waals surface area contributed by atoms with Gasteiger partial charge in [0.2, 0.25) is 5.91 Å². The molecule has 0 aliphatic rings. The summed E-state index contributed by atoms with van der Waals surface area (Å²) >= 11 is 0. The molecule has 19 heavy (non-hydrogen) atoms. The highest BCUT2D eigenvalue weighted by Crippen LogP contribution is 2.09. The Bertz CT molecular complexity index is 571. The van der Waals surface area contributed by atoms with Gasteiger partial charge in [-0.25, -0.2) is 8.42 Å². The van der Waals surface area contributed by atoms with Gasteiger partial charge in [0.15, 0.2) is 9.84 Å². The third-order valence-corrected chi connectivity index (χ3v) is 4.31. The van der Waals surface area contributed by atoms with Crippen molar-refractivity contribution in [3.8, 4) is 6.07 Å². The summed E-state index contributed by atoms with van der Waals surface area (Å²) in [4.78, 5) is 11.6. The van der Waals surface area contributed by atoms with Crippen molar-refractivity contribution in [3.63, 3.8) is 0 Å². The number of hydrogen-bond donors (Lipinski definition) is 1. The number of amides is 1. The van der Waals surface area contributed by atoms with Gasteiger partial charge in [0.25, 0.3) is 0 Å². The zero-order chi connectivity index (χ0) is 14.3. The molecule has 1 aromatic carbocycles. The fraction of sp³-hybridized carbons (Fsp3) is 0.385. The maximum Gasteiger partial charge on any atom is 0.225 e. The van der Waals surface area contributed by atoms with Gasteiger partial charge in [0.05, 0.1) is 17.4 Å². The van der Waals surface area contributed by atoms with E-state index in [2.05, 4.69) is 5.32 Å². The van der Waals surface area contributed by atoms with Crippen LogP contribution in [0.1, 0.15) is 25.3 Å². The molecule has 1 aromatic rings. The van der Waals surface area contributed by atoms with Gasteiger partial charge in [-0.3, -0.25) is 4.79 Å². The van der Waals surface area contributed by atoms with Crippen molar-refractivity contribution in [2.45, 2.75) is 19.8 Å². The largest absolute Gasteiger partial charge is 0.326 e. The summed E-state index contributed by atoms with van der Waals surface area (Å²) < 4.78 is 22.9. The van der Waals surface area contributed by atoms with Crippen molar-refractivity contribution >= 4 is 21.4 Å². The van der Waals surface area contributed by atoms with Gasteiger partial charge in [-0.1, -0.05) is 6.92 Å². The average molecular weight is 280 g/mol. The maximum atomic E-state index is 11.6. The first kappa shape index (κ1) is 15.2. The third-order valence-electron chi connectivity index (χ3n) is 2.45. The Morgan fingerprint density at radius 1 is 1.26 bits per heavy atom. The SMILES string of the molecule is CCCS(=O)(=O)CCC(=O)Nc1ccc(C#N)cc1. The molecule has 0 saturated heterocycles. The number of nitrogens with one attached hydrogen (secondary N) is 1. The predicted molar refractivity (Wildman–Crippen MR) is 73.3 cm³/mol. The number of nitrogens with zero attached hydrogens (tertiary/aromatic N) is 1. The second kappa shape index (κ2) is 6.90. The van der Waals surface area contributed by atoms with Crippen LogP contribution in [0.25, 0.3) is 0 Å². The molecule has 5 nitrogen and oxygen atoms in total. The van der Waals surface area contributed by atoms with Gasteiger partial charge in [-0.2, -0.15) is 5.26 Å². The minimum atomic E-state index is -3.13. The highest BCUT2D eigenvalue weighted by Gasteiger charge is 2.12. The molecule has 0 unspecified atom stereocenters. The molecule has 0 aliphatic heterocycles. The van der Waals surface area contributed by atoms with Crippen molar-refractivity contribution in [2.75, 3.05) is 16.8 Å². The lowest BCUT2D eigenvalue weighted by Gasteiger charge is -2.05. The fourth-order valence-electron chi connectivity index (χ4n) is 1.51. The van der Waals surface area contributed by atoms with Crippen LogP contribution in [0.15, 0.2) is 24.3 Å². The standard InChI is InChI=1S/C13H16N2O3S/c1-2-8-19(17,18)9-7-13(16)15-12-5-3-11(10-14)4-6-12/h3-6H,2,7-9H2,1H3,(H,15,16). The lowest BCUT2D eigenvalue weighted by molar-refractivity contribution is -0.115. The molecule has 0 atom stereocenters. The van der Waals surface area contributed by atoms with E-state index < -0.39 is 9.84 Å². The summed E-state index contributed by atoms with van der Waals surface area (Å²) in [6.45, 7) is 1.79.